The monoisotopic (exact) mass is 336 g/mol. The van der Waals surface area contributed by atoms with E-state index in [2.05, 4.69) is 34.6 Å². The summed E-state index contributed by atoms with van der Waals surface area (Å²) >= 11 is 0. The molecule has 130 valence electrons. The normalized spacial score (nSPS) is 11.6. The Morgan fingerprint density at radius 3 is 2.48 bits per heavy atom. The third-order valence-electron chi connectivity index (χ3n) is 4.35. The number of fused-ring (bicyclic) bond motifs is 1. The van der Waals surface area contributed by atoms with Crippen LogP contribution in [0.3, 0.4) is 0 Å². The predicted octanol–water partition coefficient (Wildman–Crippen LogP) is 3.65. The topological polar surface area (TPSA) is 65.1 Å². The number of H-pyrrole nitrogens is 1. The lowest BCUT2D eigenvalue weighted by molar-refractivity contribution is -0.123. The van der Waals surface area contributed by atoms with Crippen LogP contribution in [-0.4, -0.2) is 28.1 Å². The minimum absolute atomic E-state index is 0.0525. The Morgan fingerprint density at radius 1 is 1.08 bits per heavy atom. The number of hydrogen-bond acceptors (Lipinski definition) is 2. The van der Waals surface area contributed by atoms with Crippen LogP contribution >= 0.6 is 0 Å². The highest BCUT2D eigenvalue weighted by atomic mass is 16.3. The maximum Gasteiger partial charge on any atom is 0.220 e. The largest absolute Gasteiger partial charge is 0.394 e. The highest BCUT2D eigenvalue weighted by molar-refractivity contribution is 5.91. The molecule has 3 rings (SSSR count). The molecule has 0 spiro atoms. The van der Waals surface area contributed by atoms with Gasteiger partial charge >= 0.3 is 0 Å². The van der Waals surface area contributed by atoms with E-state index in [1.807, 2.05) is 44.2 Å². The van der Waals surface area contributed by atoms with E-state index in [1.54, 1.807) is 0 Å². The molecule has 4 nitrogen and oxygen atoms in total. The van der Waals surface area contributed by atoms with Crippen molar-refractivity contribution in [3.8, 4) is 11.3 Å². The minimum atomic E-state index is -0.598. The average molecular weight is 336 g/mol. The molecule has 0 saturated heterocycles. The van der Waals surface area contributed by atoms with Gasteiger partial charge < -0.3 is 15.4 Å². The molecule has 2 aromatic carbocycles. The second-order valence-corrected chi connectivity index (χ2v) is 6.98. The Kier molecular flexibility index (Phi) is 4.91. The van der Waals surface area contributed by atoms with Crippen molar-refractivity contribution < 1.29 is 9.90 Å². The molecule has 0 fully saturated rings. The Balaban J connectivity index is 1.89. The van der Waals surface area contributed by atoms with E-state index in [4.69, 9.17) is 0 Å². The van der Waals surface area contributed by atoms with Crippen LogP contribution in [0.1, 0.15) is 25.8 Å². The van der Waals surface area contributed by atoms with E-state index in [1.165, 1.54) is 0 Å². The van der Waals surface area contributed by atoms with Gasteiger partial charge in [0, 0.05) is 23.0 Å². The zero-order chi connectivity index (χ0) is 17.9. The maximum atomic E-state index is 12.3. The van der Waals surface area contributed by atoms with Crippen molar-refractivity contribution in [1.82, 2.24) is 10.3 Å². The third-order valence-corrected chi connectivity index (χ3v) is 4.35. The molecule has 0 saturated carbocycles. The van der Waals surface area contributed by atoms with Crippen molar-refractivity contribution in [3.63, 3.8) is 0 Å². The van der Waals surface area contributed by atoms with Crippen LogP contribution in [0, 0.1) is 0 Å². The molecule has 0 bridgehead atoms. The predicted molar refractivity (Wildman–Crippen MR) is 101 cm³/mol. The number of aliphatic hydroxyl groups excluding tert-OH is 1. The van der Waals surface area contributed by atoms with E-state index in [0.717, 1.165) is 27.7 Å². The zero-order valence-corrected chi connectivity index (χ0v) is 14.7. The summed E-state index contributed by atoms with van der Waals surface area (Å²) < 4.78 is 0. The number of hydrogen-bond donors (Lipinski definition) is 3. The van der Waals surface area contributed by atoms with Gasteiger partial charge in [-0.1, -0.05) is 48.5 Å². The number of benzene rings is 2. The quantitative estimate of drug-likeness (QED) is 0.643. The van der Waals surface area contributed by atoms with Crippen LogP contribution in [0.25, 0.3) is 22.2 Å². The van der Waals surface area contributed by atoms with E-state index in [-0.39, 0.29) is 12.5 Å². The fraction of sp³-hybridized carbons (Fsp3) is 0.286. The number of aliphatic hydroxyl groups is 1. The van der Waals surface area contributed by atoms with Crippen molar-refractivity contribution in [1.29, 1.82) is 0 Å². The van der Waals surface area contributed by atoms with Crippen LogP contribution in [-0.2, 0) is 11.2 Å². The Hall–Kier alpha value is -2.59. The van der Waals surface area contributed by atoms with Gasteiger partial charge in [0.2, 0.25) is 5.91 Å². The number of carbonyl (C=O) groups excluding carboxylic acids is 1. The molecule has 1 amide bonds. The molecule has 0 radical (unpaired) electrons. The first-order valence-electron chi connectivity index (χ1n) is 8.57. The first-order valence-corrected chi connectivity index (χ1v) is 8.57. The van der Waals surface area contributed by atoms with Crippen LogP contribution < -0.4 is 5.32 Å². The summed E-state index contributed by atoms with van der Waals surface area (Å²) in [4.78, 5) is 15.8. The number of amides is 1. The van der Waals surface area contributed by atoms with Gasteiger partial charge in [-0.05, 0) is 37.5 Å². The molecule has 0 aliphatic rings. The number of aromatic amines is 1. The molecular weight excluding hydrogens is 312 g/mol. The van der Waals surface area contributed by atoms with Crippen molar-refractivity contribution in [2.24, 2.45) is 0 Å². The lowest BCUT2D eigenvalue weighted by Gasteiger charge is -2.23. The van der Waals surface area contributed by atoms with E-state index in [0.29, 0.717) is 12.8 Å². The van der Waals surface area contributed by atoms with E-state index in [9.17, 15) is 9.90 Å². The van der Waals surface area contributed by atoms with Crippen LogP contribution in [0.4, 0.5) is 0 Å². The molecule has 4 heteroatoms. The molecule has 1 heterocycles. The van der Waals surface area contributed by atoms with Crippen molar-refractivity contribution >= 4 is 16.8 Å². The van der Waals surface area contributed by atoms with Gasteiger partial charge in [0.15, 0.2) is 0 Å². The summed E-state index contributed by atoms with van der Waals surface area (Å²) in [5, 5.41) is 13.3. The molecule has 0 unspecified atom stereocenters. The number of aryl methyl sites for hydroxylation is 1. The van der Waals surface area contributed by atoms with Crippen molar-refractivity contribution in [2.75, 3.05) is 6.61 Å². The number of rotatable bonds is 6. The van der Waals surface area contributed by atoms with Crippen LogP contribution in [0.15, 0.2) is 54.6 Å². The van der Waals surface area contributed by atoms with Crippen molar-refractivity contribution in [3.05, 3.63) is 60.2 Å². The van der Waals surface area contributed by atoms with Crippen LogP contribution in [0.5, 0.6) is 0 Å². The molecule has 3 N–H and O–H groups in total. The fourth-order valence-corrected chi connectivity index (χ4v) is 3.03. The molecule has 25 heavy (non-hydrogen) atoms. The Morgan fingerprint density at radius 2 is 1.76 bits per heavy atom. The lowest BCUT2D eigenvalue weighted by atomic mass is 10.0. The molecule has 0 aliphatic carbocycles. The molecule has 0 aliphatic heterocycles. The highest BCUT2D eigenvalue weighted by Gasteiger charge is 2.20. The number of nitrogens with one attached hydrogen (secondary N) is 2. The fourth-order valence-electron chi connectivity index (χ4n) is 3.03. The summed E-state index contributed by atoms with van der Waals surface area (Å²) in [6, 6.07) is 18.3. The SMILES string of the molecule is CC(C)(CO)NC(=O)CCc1c(-c2ccccc2)[nH]c2ccccc12. The van der Waals surface area contributed by atoms with Gasteiger partial charge in [-0.25, -0.2) is 0 Å². The summed E-state index contributed by atoms with van der Waals surface area (Å²) in [6.07, 6.45) is 1.02. The second-order valence-electron chi connectivity index (χ2n) is 6.98. The minimum Gasteiger partial charge on any atom is -0.394 e. The van der Waals surface area contributed by atoms with Gasteiger partial charge in [0.1, 0.15) is 0 Å². The maximum absolute atomic E-state index is 12.3. The molecular formula is C21H24N2O2. The van der Waals surface area contributed by atoms with Gasteiger partial charge in [0.05, 0.1) is 12.1 Å². The van der Waals surface area contributed by atoms with Gasteiger partial charge in [0.25, 0.3) is 0 Å². The smallest absolute Gasteiger partial charge is 0.220 e. The molecule has 3 aromatic rings. The standard InChI is InChI=1S/C21H24N2O2/c1-21(2,14-24)23-19(25)13-12-17-16-10-6-7-11-18(16)22-20(17)15-8-4-3-5-9-15/h3-11,22,24H,12-14H2,1-2H3,(H,23,25). The number of carbonyl (C=O) groups is 1. The van der Waals surface area contributed by atoms with Gasteiger partial charge in [-0.3, -0.25) is 4.79 Å². The van der Waals surface area contributed by atoms with Gasteiger partial charge in [-0.2, -0.15) is 0 Å². The second kappa shape index (κ2) is 7.11. The number of para-hydroxylation sites is 1. The summed E-state index contributed by atoms with van der Waals surface area (Å²) in [5.41, 5.74) is 3.81. The number of aromatic nitrogens is 1. The highest BCUT2D eigenvalue weighted by Crippen LogP contribution is 2.31. The van der Waals surface area contributed by atoms with Crippen molar-refractivity contribution in [2.45, 2.75) is 32.2 Å². The van der Waals surface area contributed by atoms with Gasteiger partial charge in [-0.15, -0.1) is 0 Å². The average Bonchev–Trinajstić information content (AvgIpc) is 2.99. The first kappa shape index (κ1) is 17.2. The zero-order valence-electron chi connectivity index (χ0n) is 14.7. The van der Waals surface area contributed by atoms with E-state index >= 15 is 0 Å². The summed E-state index contributed by atoms with van der Waals surface area (Å²) in [7, 11) is 0. The lowest BCUT2D eigenvalue weighted by Crippen LogP contribution is -2.46. The summed E-state index contributed by atoms with van der Waals surface area (Å²) in [5.74, 6) is -0.0525. The third kappa shape index (κ3) is 3.91. The van der Waals surface area contributed by atoms with Crippen LogP contribution in [0.2, 0.25) is 0 Å². The summed E-state index contributed by atoms with van der Waals surface area (Å²) in [6.45, 7) is 3.54. The Bertz CT molecular complexity index is 866. The molecule has 0 atom stereocenters. The van der Waals surface area contributed by atoms with E-state index < -0.39 is 5.54 Å². The molecule has 1 aromatic heterocycles. The Labute approximate surface area is 147 Å². The first-order chi connectivity index (χ1) is 12.0.